The van der Waals surface area contributed by atoms with Gasteiger partial charge in [0.1, 0.15) is 0 Å². The van der Waals surface area contributed by atoms with E-state index in [-0.39, 0.29) is 0 Å². The Balaban J connectivity index is 2.00. The number of aromatic nitrogens is 1. The van der Waals surface area contributed by atoms with Gasteiger partial charge in [0.2, 0.25) is 0 Å². The van der Waals surface area contributed by atoms with Crippen molar-refractivity contribution in [3.05, 3.63) is 72.9 Å². The zero-order valence-electron chi connectivity index (χ0n) is 10.4. The van der Waals surface area contributed by atoms with Gasteiger partial charge in [0.05, 0.1) is 0 Å². The second kappa shape index (κ2) is 3.99. The quantitative estimate of drug-likeness (QED) is 0.453. The number of benzene rings is 3. The van der Waals surface area contributed by atoms with Crippen molar-refractivity contribution in [1.29, 1.82) is 0 Å². The lowest BCUT2D eigenvalue weighted by Gasteiger charge is -2.05. The minimum atomic E-state index is 1.16. The largest absolute Gasteiger partial charge is 0.361 e. The van der Waals surface area contributed by atoms with E-state index in [0.29, 0.717) is 0 Å². The van der Waals surface area contributed by atoms with Gasteiger partial charge >= 0.3 is 0 Å². The van der Waals surface area contributed by atoms with E-state index < -0.39 is 0 Å². The van der Waals surface area contributed by atoms with Gasteiger partial charge in [-0.3, -0.25) is 0 Å². The van der Waals surface area contributed by atoms with Gasteiger partial charge in [-0.2, -0.15) is 0 Å². The van der Waals surface area contributed by atoms with E-state index in [4.69, 9.17) is 0 Å². The van der Waals surface area contributed by atoms with E-state index >= 15 is 0 Å². The number of aromatic amines is 1. The Bertz CT molecular complexity index is 857. The van der Waals surface area contributed by atoms with Crippen LogP contribution in [-0.4, -0.2) is 4.98 Å². The maximum absolute atomic E-state index is 3.26. The van der Waals surface area contributed by atoms with Crippen LogP contribution in [0.25, 0.3) is 32.8 Å². The topological polar surface area (TPSA) is 15.8 Å². The molecule has 0 atom stereocenters. The molecule has 0 saturated carbocycles. The Kier molecular flexibility index (Phi) is 2.18. The molecule has 1 heterocycles. The van der Waals surface area contributed by atoms with Gasteiger partial charge in [0, 0.05) is 11.9 Å². The third-order valence-corrected chi connectivity index (χ3v) is 3.61. The van der Waals surface area contributed by atoms with E-state index in [1.807, 2.05) is 12.3 Å². The summed E-state index contributed by atoms with van der Waals surface area (Å²) in [5, 5.41) is 5.15. The molecular weight excluding hydrogens is 230 g/mol. The normalized spacial score (nSPS) is 11.2. The fourth-order valence-electron chi connectivity index (χ4n) is 2.62. The molecule has 0 amide bonds. The van der Waals surface area contributed by atoms with Crippen LogP contribution in [0.2, 0.25) is 0 Å². The summed E-state index contributed by atoms with van der Waals surface area (Å²) < 4.78 is 0. The van der Waals surface area contributed by atoms with Crippen LogP contribution in [0.5, 0.6) is 0 Å². The summed E-state index contributed by atoms with van der Waals surface area (Å²) in [7, 11) is 0. The standard InChI is InChI=1S/C18H13N/c1-2-5-14-11-17-12-16(18-6-3-9-19-18)8-7-15(17)10-13(14)4-1/h1-12,19H. The molecule has 0 radical (unpaired) electrons. The molecule has 1 aromatic heterocycles. The van der Waals surface area contributed by atoms with Crippen LogP contribution in [0.15, 0.2) is 72.9 Å². The second-order valence-electron chi connectivity index (χ2n) is 4.85. The molecule has 1 N–H and O–H groups in total. The number of fused-ring (bicyclic) bond motifs is 2. The highest BCUT2D eigenvalue weighted by Crippen LogP contribution is 2.27. The summed E-state index contributed by atoms with van der Waals surface area (Å²) in [6, 6.07) is 23.7. The third kappa shape index (κ3) is 1.71. The first-order valence-corrected chi connectivity index (χ1v) is 6.46. The molecule has 0 aliphatic rings. The van der Waals surface area contributed by atoms with Crippen molar-refractivity contribution >= 4 is 21.5 Å². The lowest BCUT2D eigenvalue weighted by Crippen LogP contribution is -1.80. The van der Waals surface area contributed by atoms with E-state index in [1.54, 1.807) is 0 Å². The van der Waals surface area contributed by atoms with Crippen molar-refractivity contribution in [2.45, 2.75) is 0 Å². The molecule has 0 unspecified atom stereocenters. The second-order valence-corrected chi connectivity index (χ2v) is 4.85. The monoisotopic (exact) mass is 243 g/mol. The molecule has 19 heavy (non-hydrogen) atoms. The van der Waals surface area contributed by atoms with Crippen LogP contribution in [0.1, 0.15) is 0 Å². The molecule has 0 saturated heterocycles. The van der Waals surface area contributed by atoms with Gasteiger partial charge in [-0.1, -0.05) is 36.4 Å². The zero-order chi connectivity index (χ0) is 12.7. The highest BCUT2D eigenvalue weighted by Gasteiger charge is 2.01. The lowest BCUT2D eigenvalue weighted by atomic mass is 10.0. The SMILES string of the molecule is c1c[nH]c(-c2ccc3cc4ccccc4cc3c2)c1. The van der Waals surface area contributed by atoms with Gasteiger partial charge in [-0.25, -0.2) is 0 Å². The van der Waals surface area contributed by atoms with Crippen LogP contribution in [0.3, 0.4) is 0 Å². The average Bonchev–Trinajstić information content (AvgIpc) is 2.98. The van der Waals surface area contributed by atoms with E-state index in [1.165, 1.54) is 27.1 Å². The van der Waals surface area contributed by atoms with E-state index in [2.05, 4.69) is 65.6 Å². The molecule has 0 bridgehead atoms. The van der Waals surface area contributed by atoms with Gasteiger partial charge in [0.15, 0.2) is 0 Å². The summed E-state index contributed by atoms with van der Waals surface area (Å²) in [5.41, 5.74) is 2.39. The summed E-state index contributed by atoms with van der Waals surface area (Å²) >= 11 is 0. The van der Waals surface area contributed by atoms with Crippen molar-refractivity contribution in [2.24, 2.45) is 0 Å². The molecular formula is C18H13N. The molecule has 0 aliphatic heterocycles. The summed E-state index contributed by atoms with van der Waals surface area (Å²) in [4.78, 5) is 3.26. The van der Waals surface area contributed by atoms with Crippen molar-refractivity contribution in [1.82, 2.24) is 4.98 Å². The Morgan fingerprint density at radius 3 is 2.05 bits per heavy atom. The van der Waals surface area contributed by atoms with Crippen LogP contribution < -0.4 is 0 Å². The highest BCUT2D eigenvalue weighted by atomic mass is 14.7. The molecule has 4 rings (SSSR count). The Hall–Kier alpha value is -2.54. The predicted molar refractivity (Wildman–Crippen MR) is 81.2 cm³/mol. The Labute approximate surface area is 111 Å². The number of hydrogen-bond acceptors (Lipinski definition) is 0. The van der Waals surface area contributed by atoms with Crippen molar-refractivity contribution < 1.29 is 0 Å². The summed E-state index contributed by atoms with van der Waals surface area (Å²) in [6.07, 6.45) is 1.96. The molecule has 1 nitrogen and oxygen atoms in total. The lowest BCUT2D eigenvalue weighted by molar-refractivity contribution is 1.41. The van der Waals surface area contributed by atoms with Crippen LogP contribution in [0, 0.1) is 0 Å². The van der Waals surface area contributed by atoms with Crippen LogP contribution in [-0.2, 0) is 0 Å². The first-order valence-electron chi connectivity index (χ1n) is 6.46. The molecule has 0 spiro atoms. The molecule has 1 heteroatoms. The smallest absolute Gasteiger partial charge is 0.0454 e. The maximum atomic E-state index is 3.26. The molecule has 3 aromatic carbocycles. The molecule has 90 valence electrons. The molecule has 0 aliphatic carbocycles. The summed E-state index contributed by atoms with van der Waals surface area (Å²) in [6.45, 7) is 0. The third-order valence-electron chi connectivity index (χ3n) is 3.61. The maximum Gasteiger partial charge on any atom is 0.0454 e. The van der Waals surface area contributed by atoms with Crippen LogP contribution >= 0.6 is 0 Å². The summed E-state index contributed by atoms with van der Waals surface area (Å²) in [5.74, 6) is 0. The highest BCUT2D eigenvalue weighted by molar-refractivity contribution is 5.99. The molecule has 0 fully saturated rings. The fraction of sp³-hybridized carbons (Fsp3) is 0. The Morgan fingerprint density at radius 1 is 0.579 bits per heavy atom. The van der Waals surface area contributed by atoms with E-state index in [0.717, 1.165) is 5.69 Å². The predicted octanol–water partition coefficient (Wildman–Crippen LogP) is 4.99. The number of H-pyrrole nitrogens is 1. The number of hydrogen-bond donors (Lipinski definition) is 1. The number of nitrogens with one attached hydrogen (secondary N) is 1. The van der Waals surface area contributed by atoms with Crippen molar-refractivity contribution in [3.8, 4) is 11.3 Å². The average molecular weight is 243 g/mol. The van der Waals surface area contributed by atoms with Gasteiger partial charge in [-0.15, -0.1) is 0 Å². The minimum absolute atomic E-state index is 1.16. The first-order chi connectivity index (χ1) is 9.40. The molecule has 4 aromatic rings. The first kappa shape index (κ1) is 10.4. The minimum Gasteiger partial charge on any atom is -0.361 e. The Morgan fingerprint density at radius 2 is 1.32 bits per heavy atom. The fourth-order valence-corrected chi connectivity index (χ4v) is 2.62. The van der Waals surface area contributed by atoms with Gasteiger partial charge in [-0.05, 0) is 57.4 Å². The van der Waals surface area contributed by atoms with E-state index in [9.17, 15) is 0 Å². The van der Waals surface area contributed by atoms with Crippen molar-refractivity contribution in [3.63, 3.8) is 0 Å². The zero-order valence-corrected chi connectivity index (χ0v) is 10.4. The van der Waals surface area contributed by atoms with Gasteiger partial charge < -0.3 is 4.98 Å². The van der Waals surface area contributed by atoms with Gasteiger partial charge in [0.25, 0.3) is 0 Å². The number of rotatable bonds is 1. The van der Waals surface area contributed by atoms with Crippen LogP contribution in [0.4, 0.5) is 0 Å². The van der Waals surface area contributed by atoms with Crippen molar-refractivity contribution in [2.75, 3.05) is 0 Å².